The molecule has 0 aliphatic rings. The molecule has 3 rings (SSSR count). The SMILES string of the molecule is COc1cc(/C=C(\C#N)c2ccccc2)ccc1OC(=O)c1ccccc1Cl. The van der Waals surface area contributed by atoms with E-state index in [1.807, 2.05) is 30.3 Å². The minimum absolute atomic E-state index is 0.266. The summed E-state index contributed by atoms with van der Waals surface area (Å²) in [7, 11) is 1.48. The van der Waals surface area contributed by atoms with Crippen LogP contribution in [0.25, 0.3) is 11.6 Å². The van der Waals surface area contributed by atoms with Gasteiger partial charge in [-0.1, -0.05) is 60.1 Å². The summed E-state index contributed by atoms with van der Waals surface area (Å²) in [5, 5.41) is 9.77. The molecule has 0 heterocycles. The number of carbonyl (C=O) groups excluding carboxylic acids is 1. The second-order valence-electron chi connectivity index (χ2n) is 5.82. The molecule has 5 heteroatoms. The van der Waals surface area contributed by atoms with Gasteiger partial charge >= 0.3 is 5.97 Å². The Labute approximate surface area is 168 Å². The van der Waals surface area contributed by atoms with Crippen LogP contribution >= 0.6 is 11.6 Å². The van der Waals surface area contributed by atoms with Crippen LogP contribution < -0.4 is 9.47 Å². The molecule has 0 aliphatic carbocycles. The lowest BCUT2D eigenvalue weighted by Gasteiger charge is -2.11. The van der Waals surface area contributed by atoms with Crippen LogP contribution in [0.3, 0.4) is 0 Å². The van der Waals surface area contributed by atoms with E-state index in [1.54, 1.807) is 48.5 Å². The van der Waals surface area contributed by atoms with Gasteiger partial charge in [0.25, 0.3) is 0 Å². The summed E-state index contributed by atoms with van der Waals surface area (Å²) in [6.45, 7) is 0. The lowest BCUT2D eigenvalue weighted by atomic mass is 10.0. The van der Waals surface area contributed by atoms with Crippen LogP contribution in [0.2, 0.25) is 5.02 Å². The Morgan fingerprint density at radius 3 is 2.39 bits per heavy atom. The van der Waals surface area contributed by atoms with Crippen molar-refractivity contribution in [3.63, 3.8) is 0 Å². The van der Waals surface area contributed by atoms with E-state index in [0.717, 1.165) is 11.1 Å². The highest BCUT2D eigenvalue weighted by molar-refractivity contribution is 6.33. The van der Waals surface area contributed by atoms with Crippen molar-refractivity contribution in [2.75, 3.05) is 7.11 Å². The largest absolute Gasteiger partial charge is 0.493 e. The summed E-state index contributed by atoms with van der Waals surface area (Å²) in [6.07, 6.45) is 1.75. The summed E-state index contributed by atoms with van der Waals surface area (Å²) < 4.78 is 10.8. The Morgan fingerprint density at radius 1 is 1.00 bits per heavy atom. The zero-order chi connectivity index (χ0) is 19.9. The maximum atomic E-state index is 12.4. The number of methoxy groups -OCH3 is 1. The first-order chi connectivity index (χ1) is 13.6. The van der Waals surface area contributed by atoms with Crippen molar-refractivity contribution in [2.45, 2.75) is 0 Å². The second kappa shape index (κ2) is 8.90. The van der Waals surface area contributed by atoms with Gasteiger partial charge in [0.1, 0.15) is 0 Å². The van der Waals surface area contributed by atoms with E-state index in [9.17, 15) is 10.1 Å². The highest BCUT2D eigenvalue weighted by atomic mass is 35.5. The van der Waals surface area contributed by atoms with Crippen LogP contribution in [0.5, 0.6) is 11.5 Å². The normalized spacial score (nSPS) is 10.8. The molecule has 3 aromatic rings. The van der Waals surface area contributed by atoms with Crippen molar-refractivity contribution >= 4 is 29.2 Å². The molecule has 3 aromatic carbocycles. The fourth-order valence-corrected chi connectivity index (χ4v) is 2.82. The molecule has 0 amide bonds. The van der Waals surface area contributed by atoms with Gasteiger partial charge in [0.2, 0.25) is 0 Å². The molecule has 0 fully saturated rings. The first kappa shape index (κ1) is 19.2. The second-order valence-corrected chi connectivity index (χ2v) is 6.22. The van der Waals surface area contributed by atoms with Gasteiger partial charge in [-0.15, -0.1) is 0 Å². The van der Waals surface area contributed by atoms with E-state index in [0.29, 0.717) is 16.3 Å². The van der Waals surface area contributed by atoms with Crippen molar-refractivity contribution in [1.82, 2.24) is 0 Å². The summed E-state index contributed by atoms with van der Waals surface area (Å²) in [6, 6.07) is 23.3. The fourth-order valence-electron chi connectivity index (χ4n) is 2.60. The van der Waals surface area contributed by atoms with Crippen molar-refractivity contribution < 1.29 is 14.3 Å². The van der Waals surface area contributed by atoms with E-state index >= 15 is 0 Å². The predicted molar refractivity (Wildman–Crippen MR) is 109 cm³/mol. The smallest absolute Gasteiger partial charge is 0.345 e. The third-order valence-corrected chi connectivity index (χ3v) is 4.33. The number of rotatable bonds is 5. The molecular formula is C23H16ClNO3. The number of esters is 1. The van der Waals surface area contributed by atoms with Crippen molar-refractivity contribution in [3.05, 3.63) is 94.5 Å². The zero-order valence-electron chi connectivity index (χ0n) is 15.1. The predicted octanol–water partition coefficient (Wildman–Crippen LogP) is 5.63. The molecular weight excluding hydrogens is 374 g/mol. The molecule has 0 radical (unpaired) electrons. The fraction of sp³-hybridized carbons (Fsp3) is 0.0435. The highest BCUT2D eigenvalue weighted by Gasteiger charge is 2.15. The Hall–Kier alpha value is -3.55. The lowest BCUT2D eigenvalue weighted by molar-refractivity contribution is 0.0730. The third-order valence-electron chi connectivity index (χ3n) is 4.00. The van der Waals surface area contributed by atoms with Crippen molar-refractivity contribution in [1.29, 1.82) is 5.26 Å². The zero-order valence-corrected chi connectivity index (χ0v) is 15.8. The van der Waals surface area contributed by atoms with Gasteiger partial charge in [-0.25, -0.2) is 4.79 Å². The lowest BCUT2D eigenvalue weighted by Crippen LogP contribution is -2.09. The minimum atomic E-state index is -0.575. The van der Waals surface area contributed by atoms with Crippen molar-refractivity contribution in [3.8, 4) is 17.6 Å². The number of ether oxygens (including phenoxy) is 2. The number of hydrogen-bond donors (Lipinski definition) is 0. The molecule has 4 nitrogen and oxygen atoms in total. The molecule has 0 spiro atoms. The summed E-state index contributed by atoms with van der Waals surface area (Å²) in [5.41, 5.74) is 2.35. The third kappa shape index (κ3) is 4.40. The van der Waals surface area contributed by atoms with Crippen LogP contribution in [0, 0.1) is 11.3 Å². The number of allylic oxidation sites excluding steroid dienone is 1. The van der Waals surface area contributed by atoms with E-state index in [4.69, 9.17) is 21.1 Å². The van der Waals surface area contributed by atoms with Crippen LogP contribution in [0.15, 0.2) is 72.8 Å². The van der Waals surface area contributed by atoms with Gasteiger partial charge in [0.05, 0.1) is 29.3 Å². The first-order valence-corrected chi connectivity index (χ1v) is 8.82. The van der Waals surface area contributed by atoms with Crippen LogP contribution in [0.1, 0.15) is 21.5 Å². The Morgan fingerprint density at radius 2 is 1.71 bits per heavy atom. The number of carbonyl (C=O) groups is 1. The van der Waals surface area contributed by atoms with Gasteiger partial charge in [0, 0.05) is 0 Å². The number of nitrogens with zero attached hydrogens (tertiary/aromatic N) is 1. The van der Waals surface area contributed by atoms with Gasteiger partial charge < -0.3 is 9.47 Å². The van der Waals surface area contributed by atoms with Gasteiger partial charge in [0.15, 0.2) is 11.5 Å². The molecule has 0 atom stereocenters. The van der Waals surface area contributed by atoms with Crippen LogP contribution in [-0.4, -0.2) is 13.1 Å². The maximum Gasteiger partial charge on any atom is 0.345 e. The minimum Gasteiger partial charge on any atom is -0.493 e. The van der Waals surface area contributed by atoms with Crippen LogP contribution in [0.4, 0.5) is 0 Å². The Balaban J connectivity index is 1.89. The summed E-state index contributed by atoms with van der Waals surface area (Å²) >= 11 is 6.05. The number of benzene rings is 3. The standard InChI is InChI=1S/C23H16ClNO3/c1-27-22-14-16(13-18(15-25)17-7-3-2-4-8-17)11-12-21(22)28-23(26)19-9-5-6-10-20(19)24/h2-14H,1H3/b18-13+. The molecule has 0 saturated heterocycles. The Kier molecular flexibility index (Phi) is 6.11. The molecule has 0 N–H and O–H groups in total. The molecule has 0 aliphatic heterocycles. The van der Waals surface area contributed by atoms with Crippen LogP contribution in [-0.2, 0) is 0 Å². The van der Waals surface area contributed by atoms with Gasteiger partial charge in [-0.05, 0) is 41.5 Å². The average Bonchev–Trinajstić information content (AvgIpc) is 2.73. The van der Waals surface area contributed by atoms with E-state index < -0.39 is 5.97 Å². The number of halogens is 1. The molecule has 0 aromatic heterocycles. The van der Waals surface area contributed by atoms with Gasteiger partial charge in [-0.3, -0.25) is 0 Å². The van der Waals surface area contributed by atoms with Gasteiger partial charge in [-0.2, -0.15) is 5.26 Å². The molecule has 0 saturated carbocycles. The Bertz CT molecular complexity index is 1070. The average molecular weight is 390 g/mol. The van der Waals surface area contributed by atoms with E-state index in [2.05, 4.69) is 6.07 Å². The van der Waals surface area contributed by atoms with E-state index in [1.165, 1.54) is 7.11 Å². The van der Waals surface area contributed by atoms with Crippen molar-refractivity contribution in [2.24, 2.45) is 0 Å². The summed E-state index contributed by atoms with van der Waals surface area (Å²) in [5.74, 6) is 0.0662. The topological polar surface area (TPSA) is 59.3 Å². The monoisotopic (exact) mass is 389 g/mol. The molecule has 28 heavy (non-hydrogen) atoms. The highest BCUT2D eigenvalue weighted by Crippen LogP contribution is 2.31. The van der Waals surface area contributed by atoms with E-state index in [-0.39, 0.29) is 11.3 Å². The number of hydrogen-bond acceptors (Lipinski definition) is 4. The summed E-state index contributed by atoms with van der Waals surface area (Å²) in [4.78, 5) is 12.4. The molecule has 0 unspecified atom stereocenters. The first-order valence-electron chi connectivity index (χ1n) is 8.44. The number of nitriles is 1. The molecule has 138 valence electrons. The maximum absolute atomic E-state index is 12.4. The molecule has 0 bridgehead atoms. The quantitative estimate of drug-likeness (QED) is 0.245.